The maximum Gasteiger partial charge on any atom is 0.235 e. The number of fused-ring (bicyclic) bond motifs is 2. The van der Waals surface area contributed by atoms with Gasteiger partial charge < -0.3 is 9.97 Å². The highest BCUT2D eigenvalue weighted by atomic mass is 79.9. The van der Waals surface area contributed by atoms with E-state index in [-0.39, 0.29) is 0 Å². The van der Waals surface area contributed by atoms with Gasteiger partial charge in [0.15, 0.2) is 0 Å². The fraction of sp³-hybridized carbons (Fsp3) is 0.0476. The summed E-state index contributed by atoms with van der Waals surface area (Å²) in [6, 6.07) is 13.7. The van der Waals surface area contributed by atoms with Crippen molar-refractivity contribution in [1.29, 1.82) is 0 Å². The Bertz CT molecular complexity index is 1400. The van der Waals surface area contributed by atoms with Crippen molar-refractivity contribution in [3.05, 3.63) is 79.3 Å². The van der Waals surface area contributed by atoms with Crippen LogP contribution in [0.5, 0.6) is 0 Å². The molecule has 0 saturated heterocycles. The molecule has 0 unspecified atom stereocenters. The number of hydrogen-bond acceptors (Lipinski definition) is 2. The number of rotatable bonds is 2. The number of nitrogens with one attached hydrogen (secondary N) is 2. The minimum Gasteiger partial charge on any atom is -0.361 e. The molecule has 0 amide bonds. The monoisotopic (exact) mass is 404 g/mol. The molecular weight excluding hydrogens is 392 g/mol. The fourth-order valence-corrected chi connectivity index (χ4v) is 4.15. The van der Waals surface area contributed by atoms with E-state index in [4.69, 9.17) is 0 Å². The zero-order chi connectivity index (χ0) is 18.0. The summed E-state index contributed by atoms with van der Waals surface area (Å²) < 4.78 is 0.925. The molecule has 4 nitrogen and oxygen atoms in total. The molecule has 126 valence electrons. The normalized spacial score (nSPS) is 11.8. The average molecular weight is 405 g/mol. The van der Waals surface area contributed by atoms with Gasteiger partial charge in [-0.25, -0.2) is 0 Å². The first-order valence-corrected chi connectivity index (χ1v) is 9.03. The highest BCUT2D eigenvalue weighted by Crippen LogP contribution is 2.38. The molecule has 0 aliphatic rings. The fourth-order valence-electron chi connectivity index (χ4n) is 3.79. The molecule has 5 rings (SSSR count). The second-order valence-corrected chi connectivity index (χ2v) is 7.39. The lowest BCUT2D eigenvalue weighted by Gasteiger charge is -2.11. The van der Waals surface area contributed by atoms with E-state index in [1.54, 1.807) is 6.20 Å². The summed E-state index contributed by atoms with van der Waals surface area (Å²) in [6.45, 7) is 1.93. The number of hydrogen-bond donors (Lipinski definition) is 2. The number of benzene rings is 2. The Balaban J connectivity index is 1.85. The van der Waals surface area contributed by atoms with Crippen molar-refractivity contribution in [1.82, 2.24) is 9.97 Å². The van der Waals surface area contributed by atoms with Gasteiger partial charge in [-0.1, -0.05) is 34.1 Å². The summed E-state index contributed by atoms with van der Waals surface area (Å²) in [5, 5.41) is 1.88. The molecule has 0 spiro atoms. The van der Waals surface area contributed by atoms with Gasteiger partial charge in [0, 0.05) is 60.4 Å². The van der Waals surface area contributed by atoms with Gasteiger partial charge in [-0.3, -0.25) is 9.59 Å². The highest BCUT2D eigenvalue weighted by Gasteiger charge is 2.28. The number of para-hydroxylation sites is 1. The van der Waals surface area contributed by atoms with E-state index in [0.717, 1.165) is 43.1 Å². The molecule has 5 heteroatoms. The van der Waals surface area contributed by atoms with Gasteiger partial charge in [0.05, 0.1) is 0 Å². The SMILES string of the molecule is Cc1[nH]c2ccccc2c1-c1c(-c2c[nH]c3ccc(Br)cc23)c(=O)c1=O. The first kappa shape index (κ1) is 15.3. The van der Waals surface area contributed by atoms with E-state index in [9.17, 15) is 9.59 Å². The Hall–Kier alpha value is -2.92. The summed E-state index contributed by atoms with van der Waals surface area (Å²) in [6.07, 6.45) is 1.81. The lowest BCUT2D eigenvalue weighted by Crippen LogP contribution is -2.35. The molecule has 2 aromatic heterocycles. The maximum absolute atomic E-state index is 12.5. The lowest BCUT2D eigenvalue weighted by molar-refractivity contribution is 1.29. The van der Waals surface area contributed by atoms with Crippen LogP contribution in [0.4, 0.5) is 0 Å². The first-order chi connectivity index (χ1) is 12.6. The third-order valence-corrected chi connectivity index (χ3v) is 5.46. The van der Waals surface area contributed by atoms with Crippen LogP contribution < -0.4 is 10.9 Å². The van der Waals surface area contributed by atoms with Crippen LogP contribution in [0.15, 0.2) is 62.7 Å². The maximum atomic E-state index is 12.5. The van der Waals surface area contributed by atoms with Crippen molar-refractivity contribution >= 4 is 37.7 Å². The average Bonchev–Trinajstić information content (AvgIpc) is 3.18. The Morgan fingerprint density at radius 2 is 1.62 bits per heavy atom. The predicted molar refractivity (Wildman–Crippen MR) is 108 cm³/mol. The Morgan fingerprint density at radius 3 is 2.46 bits per heavy atom. The van der Waals surface area contributed by atoms with Crippen molar-refractivity contribution in [2.24, 2.45) is 0 Å². The quantitative estimate of drug-likeness (QED) is 0.420. The number of aryl methyl sites for hydroxylation is 1. The summed E-state index contributed by atoms with van der Waals surface area (Å²) >= 11 is 3.48. The molecule has 26 heavy (non-hydrogen) atoms. The summed E-state index contributed by atoms with van der Waals surface area (Å²) in [5.74, 6) is 0. The Morgan fingerprint density at radius 1 is 0.846 bits per heavy atom. The van der Waals surface area contributed by atoms with Gasteiger partial charge in [0.2, 0.25) is 10.9 Å². The van der Waals surface area contributed by atoms with Gasteiger partial charge in [-0.2, -0.15) is 0 Å². The van der Waals surface area contributed by atoms with Crippen molar-refractivity contribution in [2.45, 2.75) is 6.92 Å². The van der Waals surface area contributed by atoms with Crippen LogP contribution in [-0.2, 0) is 0 Å². The minimum absolute atomic E-state index is 0.419. The van der Waals surface area contributed by atoms with Crippen LogP contribution in [0.1, 0.15) is 5.69 Å². The van der Waals surface area contributed by atoms with E-state index in [1.165, 1.54) is 0 Å². The van der Waals surface area contributed by atoms with Crippen molar-refractivity contribution in [2.75, 3.05) is 0 Å². The van der Waals surface area contributed by atoms with E-state index >= 15 is 0 Å². The smallest absolute Gasteiger partial charge is 0.235 e. The Labute approximate surface area is 156 Å². The molecule has 2 N–H and O–H groups in total. The van der Waals surface area contributed by atoms with Crippen molar-refractivity contribution < 1.29 is 0 Å². The number of H-pyrrole nitrogens is 2. The van der Waals surface area contributed by atoms with Crippen LogP contribution in [0.25, 0.3) is 44.1 Å². The summed E-state index contributed by atoms with van der Waals surface area (Å²) in [5.41, 5.74) is 4.52. The number of aromatic nitrogens is 2. The molecule has 0 aliphatic carbocycles. The molecule has 0 atom stereocenters. The van der Waals surface area contributed by atoms with Gasteiger partial charge in [0.25, 0.3) is 0 Å². The molecular formula is C21H13BrN2O2. The molecule has 0 bridgehead atoms. The molecule has 3 aromatic carbocycles. The molecule has 0 saturated carbocycles. The van der Waals surface area contributed by atoms with E-state index in [2.05, 4.69) is 25.9 Å². The number of aromatic amines is 2. The van der Waals surface area contributed by atoms with Crippen LogP contribution in [0.2, 0.25) is 0 Å². The number of halogens is 1. The van der Waals surface area contributed by atoms with Gasteiger partial charge in [0.1, 0.15) is 0 Å². The van der Waals surface area contributed by atoms with Crippen molar-refractivity contribution in [3.8, 4) is 22.3 Å². The Kier molecular flexibility index (Phi) is 3.12. The van der Waals surface area contributed by atoms with E-state index in [0.29, 0.717) is 11.1 Å². The molecule has 0 aliphatic heterocycles. The molecule has 0 fully saturated rings. The molecule has 0 radical (unpaired) electrons. The van der Waals surface area contributed by atoms with Crippen LogP contribution in [0, 0.1) is 6.92 Å². The summed E-state index contributed by atoms with van der Waals surface area (Å²) in [7, 11) is 0. The topological polar surface area (TPSA) is 65.7 Å². The molecule has 2 heterocycles. The zero-order valence-electron chi connectivity index (χ0n) is 13.8. The third-order valence-electron chi connectivity index (χ3n) is 4.97. The zero-order valence-corrected chi connectivity index (χ0v) is 15.4. The van der Waals surface area contributed by atoms with Gasteiger partial charge in [-0.15, -0.1) is 0 Å². The predicted octanol–water partition coefficient (Wildman–Crippen LogP) is 4.65. The van der Waals surface area contributed by atoms with Gasteiger partial charge >= 0.3 is 0 Å². The minimum atomic E-state index is -0.425. The molecule has 5 aromatic rings. The second kappa shape index (κ2) is 5.29. The van der Waals surface area contributed by atoms with E-state index < -0.39 is 10.9 Å². The van der Waals surface area contributed by atoms with Gasteiger partial charge in [-0.05, 0) is 31.2 Å². The summed E-state index contributed by atoms with van der Waals surface area (Å²) in [4.78, 5) is 31.5. The van der Waals surface area contributed by atoms with Crippen LogP contribution >= 0.6 is 15.9 Å². The van der Waals surface area contributed by atoms with Crippen LogP contribution in [-0.4, -0.2) is 9.97 Å². The lowest BCUT2D eigenvalue weighted by atomic mass is 9.88. The first-order valence-electron chi connectivity index (χ1n) is 8.24. The van der Waals surface area contributed by atoms with Crippen LogP contribution in [0.3, 0.4) is 0 Å². The van der Waals surface area contributed by atoms with E-state index in [1.807, 2.05) is 49.4 Å². The second-order valence-electron chi connectivity index (χ2n) is 6.47. The highest BCUT2D eigenvalue weighted by molar-refractivity contribution is 9.10. The van der Waals surface area contributed by atoms with Crippen molar-refractivity contribution in [3.63, 3.8) is 0 Å². The third kappa shape index (κ3) is 1.95. The standard InChI is InChI=1S/C21H13BrN2O2/c1-10-17(12-4-2-3-5-16(12)24-10)19-18(20(25)21(19)26)14-9-23-15-7-6-11(22)8-13(14)15/h2-9,23-24H,1H3. The largest absolute Gasteiger partial charge is 0.361 e.